The van der Waals surface area contributed by atoms with Crippen molar-refractivity contribution in [3.8, 4) is 0 Å². The van der Waals surface area contributed by atoms with Crippen LogP contribution < -0.4 is 0 Å². The van der Waals surface area contributed by atoms with Gasteiger partial charge in [0.2, 0.25) is 12.4 Å². The maximum atomic E-state index is 11.4. The predicted octanol–water partition coefficient (Wildman–Crippen LogP) is 2.67. The summed E-state index contributed by atoms with van der Waals surface area (Å²) in [7, 11) is 0. The van der Waals surface area contributed by atoms with Gasteiger partial charge in [-0.2, -0.15) is 0 Å². The third kappa shape index (κ3) is 3.48. The van der Waals surface area contributed by atoms with Gasteiger partial charge in [0.25, 0.3) is 0 Å². The molecule has 0 radical (unpaired) electrons. The molecule has 0 aliphatic carbocycles. The number of ether oxygens (including phenoxy) is 3. The first-order valence-corrected chi connectivity index (χ1v) is 6.84. The number of cyclic esters (lactones) is 1. The van der Waals surface area contributed by atoms with Crippen molar-refractivity contribution in [1.29, 1.82) is 0 Å². The van der Waals surface area contributed by atoms with Gasteiger partial charge in [0.05, 0.1) is 13.2 Å². The summed E-state index contributed by atoms with van der Waals surface area (Å²) in [6.07, 6.45) is -1.27. The van der Waals surface area contributed by atoms with E-state index in [2.05, 4.69) is 0 Å². The molecular formula is C17H16O4. The maximum Gasteiger partial charge on any atom is 0.344 e. The summed E-state index contributed by atoms with van der Waals surface area (Å²) in [4.78, 5) is 11.4. The topological polar surface area (TPSA) is 44.8 Å². The van der Waals surface area contributed by atoms with E-state index in [1.807, 2.05) is 60.7 Å². The highest BCUT2D eigenvalue weighted by Crippen LogP contribution is 2.22. The van der Waals surface area contributed by atoms with E-state index in [0.29, 0.717) is 13.2 Å². The van der Waals surface area contributed by atoms with Gasteiger partial charge in [-0.3, -0.25) is 0 Å². The smallest absolute Gasteiger partial charge is 0.344 e. The Kier molecular flexibility index (Phi) is 4.28. The van der Waals surface area contributed by atoms with Crippen molar-refractivity contribution in [3.63, 3.8) is 0 Å². The average Bonchev–Trinajstić information content (AvgIpc) is 2.53. The van der Waals surface area contributed by atoms with Gasteiger partial charge in [-0.15, -0.1) is 0 Å². The van der Waals surface area contributed by atoms with Crippen LogP contribution in [0.3, 0.4) is 0 Å². The molecule has 1 aliphatic rings. The minimum Gasteiger partial charge on any atom is -0.430 e. The molecule has 3 rings (SSSR count). The van der Waals surface area contributed by atoms with E-state index in [1.165, 1.54) is 0 Å². The molecule has 2 aromatic rings. The second-order valence-corrected chi connectivity index (χ2v) is 4.82. The summed E-state index contributed by atoms with van der Waals surface area (Å²) in [5.41, 5.74) is 2.04. The van der Waals surface area contributed by atoms with Crippen molar-refractivity contribution in [2.75, 3.05) is 0 Å². The largest absolute Gasteiger partial charge is 0.430 e. The van der Waals surface area contributed by atoms with Crippen molar-refractivity contribution in [2.24, 2.45) is 0 Å². The summed E-state index contributed by atoms with van der Waals surface area (Å²) >= 11 is 0. The molecule has 4 nitrogen and oxygen atoms in total. The minimum absolute atomic E-state index is 0.367. The van der Waals surface area contributed by atoms with Crippen LogP contribution in [0.25, 0.3) is 0 Å². The number of carbonyl (C=O) groups is 1. The van der Waals surface area contributed by atoms with Gasteiger partial charge in [0, 0.05) is 0 Å². The first-order valence-electron chi connectivity index (χ1n) is 6.84. The molecule has 21 heavy (non-hydrogen) atoms. The molecule has 0 bridgehead atoms. The van der Waals surface area contributed by atoms with Crippen LogP contribution in [0.4, 0.5) is 0 Å². The first kappa shape index (κ1) is 13.8. The highest BCUT2D eigenvalue weighted by molar-refractivity contribution is 5.80. The molecule has 108 valence electrons. The highest BCUT2D eigenvalue weighted by atomic mass is 16.8. The Hall–Kier alpha value is -2.17. The quantitative estimate of drug-likeness (QED) is 0.765. The minimum atomic E-state index is -0.645. The van der Waals surface area contributed by atoms with E-state index in [0.717, 1.165) is 11.1 Å². The van der Waals surface area contributed by atoms with Crippen LogP contribution in [0.15, 0.2) is 60.7 Å². The van der Waals surface area contributed by atoms with Crippen LogP contribution in [0.1, 0.15) is 11.1 Å². The molecular weight excluding hydrogens is 268 g/mol. The van der Waals surface area contributed by atoms with E-state index < -0.39 is 12.4 Å². The van der Waals surface area contributed by atoms with E-state index in [1.54, 1.807) is 0 Å². The normalized spacial score (nSPS) is 20.7. The SMILES string of the molecule is O=C1O[C@H](OCc2ccccc2)C1OCc1ccccc1. The van der Waals surface area contributed by atoms with Crippen molar-refractivity contribution in [2.45, 2.75) is 25.6 Å². The average molecular weight is 284 g/mol. The molecule has 0 N–H and O–H groups in total. The van der Waals surface area contributed by atoms with Gasteiger partial charge in [-0.25, -0.2) is 4.79 Å². The van der Waals surface area contributed by atoms with E-state index in [-0.39, 0.29) is 5.97 Å². The second-order valence-electron chi connectivity index (χ2n) is 4.82. The fourth-order valence-electron chi connectivity index (χ4n) is 2.06. The Labute approximate surface area is 123 Å². The Bertz CT molecular complexity index is 582. The van der Waals surface area contributed by atoms with E-state index in [9.17, 15) is 4.79 Å². The van der Waals surface area contributed by atoms with Gasteiger partial charge >= 0.3 is 5.97 Å². The van der Waals surface area contributed by atoms with Crippen LogP contribution in [0, 0.1) is 0 Å². The lowest BCUT2D eigenvalue weighted by atomic mass is 10.2. The zero-order valence-corrected chi connectivity index (χ0v) is 11.5. The molecule has 2 aromatic carbocycles. The van der Waals surface area contributed by atoms with Crippen molar-refractivity contribution in [3.05, 3.63) is 71.8 Å². The van der Waals surface area contributed by atoms with Gasteiger partial charge in [-0.05, 0) is 11.1 Å². The van der Waals surface area contributed by atoms with Crippen LogP contribution in [-0.2, 0) is 32.2 Å². The molecule has 4 heteroatoms. The standard InChI is InChI=1S/C17H16O4/c18-16-15(19-11-13-7-3-1-4-8-13)17(21-16)20-12-14-9-5-2-6-10-14/h1-10,15,17H,11-12H2/t15?,17-/m0/s1. The van der Waals surface area contributed by atoms with Gasteiger partial charge in [-0.1, -0.05) is 60.7 Å². The predicted molar refractivity (Wildman–Crippen MR) is 76.1 cm³/mol. The Morgan fingerprint density at radius 1 is 0.810 bits per heavy atom. The summed E-state index contributed by atoms with van der Waals surface area (Å²) in [5, 5.41) is 0. The Morgan fingerprint density at radius 3 is 1.86 bits per heavy atom. The maximum absolute atomic E-state index is 11.4. The van der Waals surface area contributed by atoms with Crippen molar-refractivity contribution in [1.82, 2.24) is 0 Å². The van der Waals surface area contributed by atoms with Gasteiger partial charge in [0.15, 0.2) is 0 Å². The first-order chi connectivity index (χ1) is 10.3. The number of carbonyl (C=O) groups excluding carboxylic acids is 1. The molecule has 1 fully saturated rings. The Morgan fingerprint density at radius 2 is 1.33 bits per heavy atom. The monoisotopic (exact) mass is 284 g/mol. The second kappa shape index (κ2) is 6.52. The molecule has 0 saturated carbocycles. The van der Waals surface area contributed by atoms with Crippen molar-refractivity contribution >= 4 is 5.97 Å². The fourth-order valence-corrected chi connectivity index (χ4v) is 2.06. The zero-order chi connectivity index (χ0) is 14.5. The van der Waals surface area contributed by atoms with Gasteiger partial charge < -0.3 is 14.2 Å². The van der Waals surface area contributed by atoms with E-state index >= 15 is 0 Å². The number of esters is 1. The molecule has 1 saturated heterocycles. The third-order valence-corrected chi connectivity index (χ3v) is 3.24. The lowest BCUT2D eigenvalue weighted by molar-refractivity contribution is -0.272. The molecule has 1 unspecified atom stereocenters. The Balaban J connectivity index is 1.49. The zero-order valence-electron chi connectivity index (χ0n) is 11.5. The van der Waals surface area contributed by atoms with E-state index in [4.69, 9.17) is 14.2 Å². The number of rotatable bonds is 6. The fraction of sp³-hybridized carbons (Fsp3) is 0.235. The molecule has 0 aromatic heterocycles. The highest BCUT2D eigenvalue weighted by Gasteiger charge is 2.44. The third-order valence-electron chi connectivity index (χ3n) is 3.24. The molecule has 1 aliphatic heterocycles. The van der Waals surface area contributed by atoms with Crippen LogP contribution in [-0.4, -0.2) is 18.4 Å². The van der Waals surface area contributed by atoms with Crippen molar-refractivity contribution < 1.29 is 19.0 Å². The lowest BCUT2D eigenvalue weighted by Crippen LogP contribution is -2.53. The summed E-state index contributed by atoms with van der Waals surface area (Å²) in [6, 6.07) is 19.4. The lowest BCUT2D eigenvalue weighted by Gasteiger charge is -2.34. The molecule has 0 spiro atoms. The molecule has 2 atom stereocenters. The summed E-state index contributed by atoms with van der Waals surface area (Å²) < 4.78 is 16.1. The molecule has 0 amide bonds. The number of hydrogen-bond acceptors (Lipinski definition) is 4. The number of hydrogen-bond donors (Lipinski definition) is 0. The molecule has 1 heterocycles. The van der Waals surface area contributed by atoms with Gasteiger partial charge in [0.1, 0.15) is 0 Å². The van der Waals surface area contributed by atoms with Crippen LogP contribution in [0.2, 0.25) is 0 Å². The van der Waals surface area contributed by atoms with Crippen LogP contribution >= 0.6 is 0 Å². The number of benzene rings is 2. The summed E-state index contributed by atoms with van der Waals surface area (Å²) in [5.74, 6) is -0.371. The summed E-state index contributed by atoms with van der Waals surface area (Å²) in [6.45, 7) is 0.760. The van der Waals surface area contributed by atoms with Crippen LogP contribution in [0.5, 0.6) is 0 Å².